The van der Waals surface area contributed by atoms with E-state index in [1.165, 1.54) is 25.7 Å². The molecule has 0 spiro atoms. The third-order valence-electron chi connectivity index (χ3n) is 5.25. The standard InChI is InChI=1S/C22H34N4O3/c1-25(16-22-23-9-10-24-22)14-18-7-8-20(21(13-18)28-2)29-17-19(27)15-26-11-5-3-4-6-12-26/h7-10,13,19,27H,3-6,11-12,14-17H2,1-2H3,(H,23,24)/t19-/m1/s1. The summed E-state index contributed by atoms with van der Waals surface area (Å²) in [5, 5.41) is 10.4. The zero-order valence-corrected chi connectivity index (χ0v) is 17.6. The number of nitrogens with one attached hydrogen (secondary N) is 1. The second-order valence-electron chi connectivity index (χ2n) is 7.87. The van der Waals surface area contributed by atoms with Gasteiger partial charge in [-0.15, -0.1) is 0 Å². The van der Waals surface area contributed by atoms with Crippen LogP contribution >= 0.6 is 0 Å². The quantitative estimate of drug-likeness (QED) is 0.637. The third kappa shape index (κ3) is 7.03. The number of hydrogen-bond acceptors (Lipinski definition) is 6. The average molecular weight is 403 g/mol. The van der Waals surface area contributed by atoms with E-state index in [4.69, 9.17) is 9.47 Å². The fraction of sp³-hybridized carbons (Fsp3) is 0.591. The first-order valence-electron chi connectivity index (χ1n) is 10.5. The van der Waals surface area contributed by atoms with Crippen LogP contribution < -0.4 is 9.47 Å². The molecular formula is C22H34N4O3. The zero-order chi connectivity index (χ0) is 20.5. The molecule has 2 aromatic rings. The number of hydrogen-bond donors (Lipinski definition) is 2. The van der Waals surface area contributed by atoms with Crippen LogP contribution in [0.15, 0.2) is 30.6 Å². The lowest BCUT2D eigenvalue weighted by atomic mass is 10.2. The van der Waals surface area contributed by atoms with Crippen LogP contribution in [-0.4, -0.2) is 71.4 Å². The van der Waals surface area contributed by atoms with E-state index in [2.05, 4.69) is 26.8 Å². The zero-order valence-electron chi connectivity index (χ0n) is 17.6. The molecule has 7 heteroatoms. The number of H-pyrrole nitrogens is 1. The fourth-order valence-corrected chi connectivity index (χ4v) is 3.79. The van der Waals surface area contributed by atoms with Crippen LogP contribution in [0.25, 0.3) is 0 Å². The summed E-state index contributed by atoms with van der Waals surface area (Å²) >= 11 is 0. The minimum Gasteiger partial charge on any atom is -0.493 e. The SMILES string of the molecule is COc1cc(CN(C)Cc2ncc[nH]2)ccc1OC[C@H](O)CN1CCCCCC1. The van der Waals surface area contributed by atoms with Gasteiger partial charge >= 0.3 is 0 Å². The van der Waals surface area contributed by atoms with E-state index in [-0.39, 0.29) is 6.61 Å². The molecule has 0 bridgehead atoms. The van der Waals surface area contributed by atoms with Crippen LogP contribution in [0, 0.1) is 0 Å². The largest absolute Gasteiger partial charge is 0.493 e. The molecule has 3 rings (SSSR count). The molecule has 0 amide bonds. The summed E-state index contributed by atoms with van der Waals surface area (Å²) in [6.45, 7) is 4.59. The number of aliphatic hydroxyl groups is 1. The van der Waals surface area contributed by atoms with Gasteiger partial charge in [0.2, 0.25) is 0 Å². The molecule has 1 aliphatic heterocycles. The van der Waals surface area contributed by atoms with Gasteiger partial charge in [0.25, 0.3) is 0 Å². The van der Waals surface area contributed by atoms with Crippen LogP contribution in [0.2, 0.25) is 0 Å². The molecule has 0 aliphatic carbocycles. The molecule has 1 aliphatic rings. The van der Waals surface area contributed by atoms with Gasteiger partial charge in [-0.25, -0.2) is 4.98 Å². The van der Waals surface area contributed by atoms with Crippen LogP contribution in [-0.2, 0) is 13.1 Å². The van der Waals surface area contributed by atoms with Crippen LogP contribution in [0.3, 0.4) is 0 Å². The third-order valence-corrected chi connectivity index (χ3v) is 5.25. The maximum Gasteiger partial charge on any atom is 0.161 e. The highest BCUT2D eigenvalue weighted by Crippen LogP contribution is 2.28. The molecule has 1 saturated heterocycles. The number of benzene rings is 1. The highest BCUT2D eigenvalue weighted by atomic mass is 16.5. The predicted molar refractivity (Wildman–Crippen MR) is 113 cm³/mol. The summed E-state index contributed by atoms with van der Waals surface area (Å²) in [6, 6.07) is 5.96. The number of β-amino-alcohol motifs (C(OH)–C–C–N with tert-alkyl or cyclic N) is 1. The van der Waals surface area contributed by atoms with Crippen molar-refractivity contribution in [2.24, 2.45) is 0 Å². The Morgan fingerprint density at radius 3 is 2.66 bits per heavy atom. The molecule has 0 radical (unpaired) electrons. The van der Waals surface area contributed by atoms with E-state index in [1.54, 1.807) is 13.3 Å². The van der Waals surface area contributed by atoms with Crippen molar-refractivity contribution in [2.45, 2.75) is 44.9 Å². The Bertz CT molecular complexity index is 715. The number of likely N-dealkylation sites (tertiary alicyclic amines) is 1. The lowest BCUT2D eigenvalue weighted by molar-refractivity contribution is 0.0683. The normalized spacial score (nSPS) is 16.6. The number of methoxy groups -OCH3 is 1. The number of rotatable bonds is 10. The van der Waals surface area contributed by atoms with Crippen molar-refractivity contribution in [1.29, 1.82) is 0 Å². The molecule has 2 heterocycles. The minimum atomic E-state index is -0.503. The molecular weight excluding hydrogens is 368 g/mol. The molecule has 0 saturated carbocycles. The Morgan fingerprint density at radius 2 is 1.97 bits per heavy atom. The molecule has 160 valence electrons. The van der Waals surface area contributed by atoms with Gasteiger partial charge < -0.3 is 24.5 Å². The van der Waals surface area contributed by atoms with Gasteiger partial charge in [-0.1, -0.05) is 18.9 Å². The molecule has 29 heavy (non-hydrogen) atoms. The van der Waals surface area contributed by atoms with Crippen molar-refractivity contribution in [3.63, 3.8) is 0 Å². The number of nitrogens with zero attached hydrogens (tertiary/aromatic N) is 3. The van der Waals surface area contributed by atoms with Gasteiger partial charge in [-0.3, -0.25) is 4.90 Å². The van der Waals surface area contributed by atoms with Crippen molar-refractivity contribution >= 4 is 0 Å². The van der Waals surface area contributed by atoms with Gasteiger partial charge in [0.05, 0.1) is 13.7 Å². The first kappa shape index (κ1) is 21.6. The van der Waals surface area contributed by atoms with Gasteiger partial charge in [0.15, 0.2) is 11.5 Å². The van der Waals surface area contributed by atoms with E-state index in [1.807, 2.05) is 24.4 Å². The Labute approximate surface area is 173 Å². The smallest absolute Gasteiger partial charge is 0.161 e. The monoisotopic (exact) mass is 402 g/mol. The number of ether oxygens (including phenoxy) is 2. The summed E-state index contributed by atoms with van der Waals surface area (Å²) < 4.78 is 11.4. The summed E-state index contributed by atoms with van der Waals surface area (Å²) in [6.07, 6.45) is 8.12. The second kappa shape index (κ2) is 11.2. The Morgan fingerprint density at radius 1 is 1.17 bits per heavy atom. The maximum absolute atomic E-state index is 10.4. The highest BCUT2D eigenvalue weighted by Gasteiger charge is 2.15. The van der Waals surface area contributed by atoms with E-state index in [9.17, 15) is 5.11 Å². The molecule has 7 nitrogen and oxygen atoms in total. The fourth-order valence-electron chi connectivity index (χ4n) is 3.79. The number of imidazole rings is 1. The highest BCUT2D eigenvalue weighted by molar-refractivity contribution is 5.43. The van der Waals surface area contributed by atoms with Crippen molar-refractivity contribution < 1.29 is 14.6 Å². The lowest BCUT2D eigenvalue weighted by Crippen LogP contribution is -2.36. The predicted octanol–water partition coefficient (Wildman–Crippen LogP) is 2.67. The Hall–Kier alpha value is -2.09. The summed E-state index contributed by atoms with van der Waals surface area (Å²) in [5.41, 5.74) is 1.13. The molecule has 1 aromatic carbocycles. The van der Waals surface area contributed by atoms with E-state index in [0.717, 1.165) is 37.6 Å². The second-order valence-corrected chi connectivity index (χ2v) is 7.87. The molecule has 2 N–H and O–H groups in total. The topological polar surface area (TPSA) is 73.8 Å². The number of aliphatic hydroxyl groups excluding tert-OH is 1. The average Bonchev–Trinajstić information content (AvgIpc) is 3.08. The van der Waals surface area contributed by atoms with Gasteiger partial charge in [-0.05, 0) is 50.7 Å². The van der Waals surface area contributed by atoms with Gasteiger partial charge in [0.1, 0.15) is 18.5 Å². The van der Waals surface area contributed by atoms with Crippen molar-refractivity contribution in [2.75, 3.05) is 40.4 Å². The lowest BCUT2D eigenvalue weighted by Gasteiger charge is -2.23. The molecule has 1 atom stereocenters. The van der Waals surface area contributed by atoms with Gasteiger partial charge in [0, 0.05) is 25.5 Å². The van der Waals surface area contributed by atoms with Crippen LogP contribution in [0.5, 0.6) is 11.5 Å². The molecule has 1 aromatic heterocycles. The first-order chi connectivity index (χ1) is 14.1. The van der Waals surface area contributed by atoms with E-state index in [0.29, 0.717) is 18.0 Å². The first-order valence-corrected chi connectivity index (χ1v) is 10.5. The Kier molecular flexibility index (Phi) is 8.34. The van der Waals surface area contributed by atoms with Crippen LogP contribution in [0.1, 0.15) is 37.1 Å². The number of aromatic nitrogens is 2. The summed E-state index contributed by atoms with van der Waals surface area (Å²) in [5.74, 6) is 2.30. The van der Waals surface area contributed by atoms with E-state index >= 15 is 0 Å². The van der Waals surface area contributed by atoms with Crippen molar-refractivity contribution in [1.82, 2.24) is 19.8 Å². The molecule has 1 fully saturated rings. The maximum atomic E-state index is 10.4. The number of aromatic amines is 1. The minimum absolute atomic E-state index is 0.268. The van der Waals surface area contributed by atoms with Gasteiger partial charge in [-0.2, -0.15) is 0 Å². The molecule has 0 unspecified atom stereocenters. The summed E-state index contributed by atoms with van der Waals surface area (Å²) in [4.78, 5) is 11.9. The van der Waals surface area contributed by atoms with E-state index < -0.39 is 6.10 Å². The summed E-state index contributed by atoms with van der Waals surface area (Å²) in [7, 11) is 3.70. The van der Waals surface area contributed by atoms with Crippen molar-refractivity contribution in [3.05, 3.63) is 42.0 Å². The van der Waals surface area contributed by atoms with Crippen LogP contribution in [0.4, 0.5) is 0 Å². The Balaban J connectivity index is 1.50. The van der Waals surface area contributed by atoms with Crippen molar-refractivity contribution in [3.8, 4) is 11.5 Å².